The number of likely N-dealkylation sites (N-methyl/N-ethyl adjacent to an activating group) is 1. The molecule has 4 heteroatoms. The van der Waals surface area contributed by atoms with Crippen LogP contribution in [-0.2, 0) is 14.3 Å². The van der Waals surface area contributed by atoms with Gasteiger partial charge in [-0.05, 0) is 14.0 Å². The molecule has 0 aliphatic carbocycles. The number of nitrogens with one attached hydrogen (secondary N) is 1. The third-order valence-corrected chi connectivity index (χ3v) is 1.56. The summed E-state index contributed by atoms with van der Waals surface area (Å²) in [6, 6.07) is -0.193. The molecule has 72 valence electrons. The lowest BCUT2D eigenvalue weighted by Crippen LogP contribution is -2.37. The van der Waals surface area contributed by atoms with Gasteiger partial charge in [0.2, 0.25) is 0 Å². The number of ketones is 1. The minimum Gasteiger partial charge on any atom is -0.382 e. The molecule has 4 nitrogen and oxygen atoms in total. The fourth-order valence-corrected chi connectivity index (χ4v) is 0.747. The number of hydrogen-bond donors (Lipinski definition) is 1. The highest BCUT2D eigenvalue weighted by atomic mass is 16.5. The molecule has 0 saturated carbocycles. The third-order valence-electron chi connectivity index (χ3n) is 1.56. The third kappa shape index (κ3) is 5.23. The number of hydrogen-bond acceptors (Lipinski definition) is 4. The quantitative estimate of drug-likeness (QED) is 0.546. The summed E-state index contributed by atoms with van der Waals surface area (Å²) in [5.41, 5.74) is 0. The van der Waals surface area contributed by atoms with Crippen molar-refractivity contribution in [3.63, 3.8) is 0 Å². The zero-order chi connectivity index (χ0) is 9.40. The van der Waals surface area contributed by atoms with E-state index in [1.54, 1.807) is 21.1 Å². The van der Waals surface area contributed by atoms with Crippen LogP contribution >= 0.6 is 0 Å². The van der Waals surface area contributed by atoms with Crippen LogP contribution in [0.15, 0.2) is 0 Å². The molecule has 0 bridgehead atoms. The van der Waals surface area contributed by atoms with Crippen LogP contribution < -0.4 is 5.32 Å². The van der Waals surface area contributed by atoms with E-state index in [4.69, 9.17) is 9.47 Å². The molecule has 12 heavy (non-hydrogen) atoms. The second-order valence-corrected chi connectivity index (χ2v) is 2.52. The maximum absolute atomic E-state index is 10.9. The van der Waals surface area contributed by atoms with Gasteiger partial charge in [0.05, 0.1) is 25.9 Å². The van der Waals surface area contributed by atoms with Gasteiger partial charge in [0.25, 0.3) is 0 Å². The van der Waals surface area contributed by atoms with Gasteiger partial charge < -0.3 is 14.8 Å². The Bertz CT molecular complexity index is 127. The molecular weight excluding hydrogens is 158 g/mol. The molecule has 0 amide bonds. The first-order valence-corrected chi connectivity index (χ1v) is 3.96. The summed E-state index contributed by atoms with van der Waals surface area (Å²) in [4.78, 5) is 10.9. The SMILES string of the molecule is CN[C@@H](COCCOC)C(C)=O. The number of carbonyl (C=O) groups is 1. The van der Waals surface area contributed by atoms with Gasteiger partial charge in [-0.2, -0.15) is 0 Å². The summed E-state index contributed by atoms with van der Waals surface area (Å²) in [6.07, 6.45) is 0. The topological polar surface area (TPSA) is 47.6 Å². The van der Waals surface area contributed by atoms with Crippen molar-refractivity contribution in [2.75, 3.05) is 34.0 Å². The lowest BCUT2D eigenvalue weighted by atomic mass is 10.2. The number of rotatable bonds is 7. The van der Waals surface area contributed by atoms with E-state index in [1.165, 1.54) is 0 Å². The highest BCUT2D eigenvalue weighted by Crippen LogP contribution is 1.87. The van der Waals surface area contributed by atoms with Crippen LogP contribution in [0.1, 0.15) is 6.92 Å². The van der Waals surface area contributed by atoms with E-state index in [0.717, 1.165) is 0 Å². The largest absolute Gasteiger partial charge is 0.382 e. The molecule has 0 aromatic heterocycles. The maximum atomic E-state index is 10.9. The van der Waals surface area contributed by atoms with Crippen molar-refractivity contribution in [1.82, 2.24) is 5.32 Å². The Balaban J connectivity index is 3.38. The molecule has 1 atom stereocenters. The molecule has 0 spiro atoms. The predicted molar refractivity (Wildman–Crippen MR) is 46.2 cm³/mol. The van der Waals surface area contributed by atoms with E-state index in [2.05, 4.69) is 5.32 Å². The molecule has 0 aliphatic heterocycles. The van der Waals surface area contributed by atoms with Gasteiger partial charge in [0.15, 0.2) is 0 Å². The van der Waals surface area contributed by atoms with Crippen molar-refractivity contribution < 1.29 is 14.3 Å². The molecule has 1 N–H and O–H groups in total. The van der Waals surface area contributed by atoms with Crippen LogP contribution in [0, 0.1) is 0 Å². The molecule has 0 aromatic carbocycles. The summed E-state index contributed by atoms with van der Waals surface area (Å²) in [7, 11) is 3.36. The van der Waals surface area contributed by atoms with Gasteiger partial charge in [-0.1, -0.05) is 0 Å². The average molecular weight is 175 g/mol. The lowest BCUT2D eigenvalue weighted by molar-refractivity contribution is -0.120. The van der Waals surface area contributed by atoms with Gasteiger partial charge in [0.1, 0.15) is 5.78 Å². The second-order valence-electron chi connectivity index (χ2n) is 2.52. The van der Waals surface area contributed by atoms with E-state index in [9.17, 15) is 4.79 Å². The Morgan fingerprint density at radius 1 is 1.50 bits per heavy atom. The Hall–Kier alpha value is -0.450. The summed E-state index contributed by atoms with van der Waals surface area (Å²) in [6.45, 7) is 3.05. The van der Waals surface area contributed by atoms with Crippen molar-refractivity contribution in [2.45, 2.75) is 13.0 Å². The molecule has 0 heterocycles. The zero-order valence-corrected chi connectivity index (χ0v) is 7.92. The van der Waals surface area contributed by atoms with Gasteiger partial charge in [-0.15, -0.1) is 0 Å². The number of carbonyl (C=O) groups excluding carboxylic acids is 1. The van der Waals surface area contributed by atoms with Crippen molar-refractivity contribution in [2.24, 2.45) is 0 Å². The van der Waals surface area contributed by atoms with E-state index in [-0.39, 0.29) is 11.8 Å². The molecule has 0 saturated heterocycles. The van der Waals surface area contributed by atoms with Crippen LogP contribution in [0.25, 0.3) is 0 Å². The monoisotopic (exact) mass is 175 g/mol. The van der Waals surface area contributed by atoms with Gasteiger partial charge in [0, 0.05) is 7.11 Å². The molecule has 0 rings (SSSR count). The van der Waals surface area contributed by atoms with Crippen molar-refractivity contribution in [3.05, 3.63) is 0 Å². The van der Waals surface area contributed by atoms with E-state index < -0.39 is 0 Å². The summed E-state index contributed by atoms with van der Waals surface area (Å²) in [5, 5.41) is 2.86. The minimum absolute atomic E-state index is 0.0925. The molecule has 0 radical (unpaired) electrons. The van der Waals surface area contributed by atoms with Crippen LogP contribution in [0.4, 0.5) is 0 Å². The molecule has 0 fully saturated rings. The minimum atomic E-state index is -0.193. The summed E-state index contributed by atoms with van der Waals surface area (Å²) in [5.74, 6) is 0.0925. The second kappa shape index (κ2) is 7.21. The first kappa shape index (κ1) is 11.6. The van der Waals surface area contributed by atoms with E-state index >= 15 is 0 Å². The van der Waals surface area contributed by atoms with Crippen molar-refractivity contribution in [1.29, 1.82) is 0 Å². The smallest absolute Gasteiger partial charge is 0.149 e. The van der Waals surface area contributed by atoms with Gasteiger partial charge in [-0.3, -0.25) is 4.79 Å². The zero-order valence-electron chi connectivity index (χ0n) is 7.92. The first-order chi connectivity index (χ1) is 5.72. The van der Waals surface area contributed by atoms with Crippen molar-refractivity contribution >= 4 is 5.78 Å². The fourth-order valence-electron chi connectivity index (χ4n) is 0.747. The Morgan fingerprint density at radius 3 is 2.58 bits per heavy atom. The number of methoxy groups -OCH3 is 1. The Kier molecular flexibility index (Phi) is 6.94. The molecular formula is C8H17NO3. The van der Waals surface area contributed by atoms with Gasteiger partial charge >= 0.3 is 0 Å². The lowest BCUT2D eigenvalue weighted by Gasteiger charge is -2.12. The normalized spacial score (nSPS) is 12.9. The van der Waals surface area contributed by atoms with Crippen LogP contribution in [-0.4, -0.2) is 45.8 Å². The maximum Gasteiger partial charge on any atom is 0.149 e. The first-order valence-electron chi connectivity index (χ1n) is 3.96. The number of Topliss-reactive ketones (excluding diaryl/α,β-unsaturated/α-hetero) is 1. The van der Waals surface area contributed by atoms with Crippen molar-refractivity contribution in [3.8, 4) is 0 Å². The number of ether oxygens (including phenoxy) is 2. The van der Waals surface area contributed by atoms with E-state index in [0.29, 0.717) is 19.8 Å². The Labute approximate surface area is 73.2 Å². The predicted octanol–water partition coefficient (Wildman–Crippen LogP) is -0.174. The van der Waals surface area contributed by atoms with Crippen LogP contribution in [0.3, 0.4) is 0 Å². The molecule has 0 unspecified atom stereocenters. The highest BCUT2D eigenvalue weighted by Gasteiger charge is 2.10. The van der Waals surface area contributed by atoms with E-state index in [1.807, 2.05) is 0 Å². The average Bonchev–Trinajstić information content (AvgIpc) is 2.04. The Morgan fingerprint density at radius 2 is 2.17 bits per heavy atom. The van der Waals surface area contributed by atoms with Gasteiger partial charge in [-0.25, -0.2) is 0 Å². The van der Waals surface area contributed by atoms with Crippen LogP contribution in [0.5, 0.6) is 0 Å². The summed E-state index contributed by atoms with van der Waals surface area (Å²) >= 11 is 0. The highest BCUT2D eigenvalue weighted by molar-refractivity contribution is 5.81. The standard InChI is InChI=1S/C8H17NO3/c1-7(10)8(9-2)6-12-5-4-11-3/h8-9H,4-6H2,1-3H3/t8-/m0/s1. The molecule has 0 aromatic rings. The summed E-state index contributed by atoms with van der Waals surface area (Å²) < 4.78 is 9.97. The van der Waals surface area contributed by atoms with Crippen LogP contribution in [0.2, 0.25) is 0 Å². The molecule has 0 aliphatic rings. The fraction of sp³-hybridized carbons (Fsp3) is 0.875.